The Hall–Kier alpha value is -0.120. The second-order valence-electron chi connectivity index (χ2n) is 7.06. The molecule has 4 fully saturated rings. The van der Waals surface area contributed by atoms with Gasteiger partial charge in [0.1, 0.15) is 0 Å². The summed E-state index contributed by atoms with van der Waals surface area (Å²) in [7, 11) is 0. The lowest BCUT2D eigenvalue weighted by Crippen LogP contribution is -2.54. The van der Waals surface area contributed by atoms with Crippen molar-refractivity contribution in [1.82, 2.24) is 0 Å². The molecule has 18 heavy (non-hydrogen) atoms. The molecule has 1 aliphatic heterocycles. The van der Waals surface area contributed by atoms with Gasteiger partial charge in [-0.05, 0) is 49.9 Å². The molecule has 1 saturated heterocycles. The van der Waals surface area contributed by atoms with E-state index in [0.717, 1.165) is 38.7 Å². The first-order valence-corrected chi connectivity index (χ1v) is 7.51. The maximum absolute atomic E-state index is 10.2. The summed E-state index contributed by atoms with van der Waals surface area (Å²) in [6.07, 6.45) is 6.59. The average molecular weight is 254 g/mol. The molecular formula is C15H26O3. The third kappa shape index (κ3) is 2.33. The molecule has 3 aliphatic carbocycles. The van der Waals surface area contributed by atoms with Crippen LogP contribution < -0.4 is 0 Å². The van der Waals surface area contributed by atoms with Gasteiger partial charge < -0.3 is 14.6 Å². The van der Waals surface area contributed by atoms with E-state index in [1.807, 2.05) is 0 Å². The maximum atomic E-state index is 10.2. The summed E-state index contributed by atoms with van der Waals surface area (Å²) in [6.45, 7) is 5.51. The number of ether oxygens (including phenoxy) is 2. The van der Waals surface area contributed by atoms with Gasteiger partial charge in [0.05, 0.1) is 12.2 Å². The summed E-state index contributed by atoms with van der Waals surface area (Å²) in [5.74, 6) is 0.918. The summed E-state index contributed by atoms with van der Waals surface area (Å²) in [5, 5.41) is 10.2. The zero-order chi connectivity index (χ0) is 12.8. The van der Waals surface area contributed by atoms with E-state index in [9.17, 15) is 5.11 Å². The van der Waals surface area contributed by atoms with Crippen LogP contribution in [0.15, 0.2) is 0 Å². The van der Waals surface area contributed by atoms with Crippen molar-refractivity contribution in [3.05, 3.63) is 0 Å². The van der Waals surface area contributed by atoms with Crippen LogP contribution in [0.2, 0.25) is 0 Å². The largest absolute Gasteiger partial charge is 0.393 e. The van der Waals surface area contributed by atoms with Gasteiger partial charge in [-0.25, -0.2) is 0 Å². The van der Waals surface area contributed by atoms with Crippen LogP contribution in [0.3, 0.4) is 0 Å². The van der Waals surface area contributed by atoms with Crippen LogP contribution in [-0.2, 0) is 9.47 Å². The second kappa shape index (κ2) is 4.77. The van der Waals surface area contributed by atoms with Gasteiger partial charge in [-0.2, -0.15) is 0 Å². The molecule has 2 bridgehead atoms. The Morgan fingerprint density at radius 1 is 1.22 bits per heavy atom. The molecule has 104 valence electrons. The van der Waals surface area contributed by atoms with Gasteiger partial charge in [-0.15, -0.1) is 0 Å². The molecule has 4 aliphatic rings. The first-order chi connectivity index (χ1) is 8.56. The standard InChI is InChI=1S/C15H26O3/c1-15(2)9-11-12(16)7-10(15)8-13(11)18-14-5-3-4-6-17-14/h10-14,16H,3-9H2,1-2H3/t10-,11-,12+,13+,14-/m0/s1. The van der Waals surface area contributed by atoms with E-state index in [1.54, 1.807) is 0 Å². The summed E-state index contributed by atoms with van der Waals surface area (Å²) in [5.41, 5.74) is 0.372. The topological polar surface area (TPSA) is 38.7 Å². The highest BCUT2D eigenvalue weighted by molar-refractivity contribution is 5.00. The molecular weight excluding hydrogens is 228 g/mol. The molecule has 0 unspecified atom stereocenters. The van der Waals surface area contributed by atoms with Crippen LogP contribution >= 0.6 is 0 Å². The second-order valence-corrected chi connectivity index (χ2v) is 7.06. The molecule has 1 N–H and O–H groups in total. The smallest absolute Gasteiger partial charge is 0.157 e. The van der Waals surface area contributed by atoms with Crippen LogP contribution in [0.25, 0.3) is 0 Å². The van der Waals surface area contributed by atoms with Crippen molar-refractivity contribution in [2.24, 2.45) is 17.3 Å². The molecule has 3 heteroatoms. The highest BCUT2D eigenvalue weighted by atomic mass is 16.7. The molecule has 1 heterocycles. The Morgan fingerprint density at radius 2 is 2.06 bits per heavy atom. The van der Waals surface area contributed by atoms with Gasteiger partial charge in [-0.1, -0.05) is 13.8 Å². The highest BCUT2D eigenvalue weighted by Gasteiger charge is 2.51. The van der Waals surface area contributed by atoms with E-state index in [4.69, 9.17) is 9.47 Å². The van der Waals surface area contributed by atoms with Gasteiger partial charge in [0.2, 0.25) is 0 Å². The number of aliphatic hydroxyl groups is 1. The molecule has 4 rings (SSSR count). The van der Waals surface area contributed by atoms with Crippen LogP contribution in [-0.4, -0.2) is 30.2 Å². The third-order valence-electron chi connectivity index (χ3n) is 5.35. The SMILES string of the molecule is CC1(C)C[C@H]2[C@H](O)C[C@H]1C[C@H]2O[C@H]1CCCCO1. The number of rotatable bonds is 2. The van der Waals surface area contributed by atoms with E-state index in [1.165, 1.54) is 6.42 Å². The number of hydrogen-bond donors (Lipinski definition) is 1. The third-order valence-corrected chi connectivity index (χ3v) is 5.35. The Kier molecular flexibility index (Phi) is 3.41. The normalized spacial score (nSPS) is 47.2. The highest BCUT2D eigenvalue weighted by Crippen LogP contribution is 2.53. The van der Waals surface area contributed by atoms with Crippen molar-refractivity contribution in [3.8, 4) is 0 Å². The van der Waals surface area contributed by atoms with Gasteiger partial charge in [0.15, 0.2) is 6.29 Å². The van der Waals surface area contributed by atoms with Crippen LogP contribution in [0.1, 0.15) is 52.4 Å². The molecule has 0 aromatic carbocycles. The van der Waals surface area contributed by atoms with E-state index in [0.29, 0.717) is 17.3 Å². The van der Waals surface area contributed by atoms with E-state index < -0.39 is 0 Å². The minimum Gasteiger partial charge on any atom is -0.393 e. The van der Waals surface area contributed by atoms with Crippen molar-refractivity contribution in [1.29, 1.82) is 0 Å². The average Bonchev–Trinajstić information content (AvgIpc) is 2.33. The molecule has 3 nitrogen and oxygen atoms in total. The molecule has 0 amide bonds. The van der Waals surface area contributed by atoms with Gasteiger partial charge in [0.25, 0.3) is 0 Å². The van der Waals surface area contributed by atoms with Gasteiger partial charge in [-0.3, -0.25) is 0 Å². The Labute approximate surface area is 110 Å². The number of aliphatic hydroxyl groups excluding tert-OH is 1. The molecule has 0 radical (unpaired) electrons. The summed E-state index contributed by atoms with van der Waals surface area (Å²) < 4.78 is 11.8. The van der Waals surface area contributed by atoms with Crippen LogP contribution in [0.4, 0.5) is 0 Å². The maximum Gasteiger partial charge on any atom is 0.157 e. The Balaban J connectivity index is 1.64. The fourth-order valence-electron chi connectivity index (χ4n) is 4.12. The van der Waals surface area contributed by atoms with Gasteiger partial charge in [0, 0.05) is 12.5 Å². The van der Waals surface area contributed by atoms with Crippen LogP contribution in [0.5, 0.6) is 0 Å². The predicted octanol–water partition coefficient (Wildman–Crippen LogP) is 2.72. The Morgan fingerprint density at radius 3 is 2.72 bits per heavy atom. The monoisotopic (exact) mass is 254 g/mol. The van der Waals surface area contributed by atoms with Crippen molar-refractivity contribution >= 4 is 0 Å². The first-order valence-electron chi connectivity index (χ1n) is 7.51. The van der Waals surface area contributed by atoms with Crippen molar-refractivity contribution in [2.75, 3.05) is 6.61 Å². The zero-order valence-corrected chi connectivity index (χ0v) is 11.6. The first kappa shape index (κ1) is 12.9. The lowest BCUT2D eigenvalue weighted by atomic mass is 9.55. The Bertz CT molecular complexity index is 296. The van der Waals surface area contributed by atoms with E-state index >= 15 is 0 Å². The summed E-state index contributed by atoms with van der Waals surface area (Å²) in [4.78, 5) is 0. The molecule has 3 saturated carbocycles. The predicted molar refractivity (Wildman–Crippen MR) is 69.1 cm³/mol. The zero-order valence-electron chi connectivity index (χ0n) is 11.6. The lowest BCUT2D eigenvalue weighted by molar-refractivity contribution is -0.239. The van der Waals surface area contributed by atoms with Crippen molar-refractivity contribution in [3.63, 3.8) is 0 Å². The minimum absolute atomic E-state index is 0.0154. The van der Waals surface area contributed by atoms with E-state index in [2.05, 4.69) is 13.8 Å². The quantitative estimate of drug-likeness (QED) is 0.823. The fourth-order valence-corrected chi connectivity index (χ4v) is 4.12. The molecule has 0 aromatic heterocycles. The number of hydrogen-bond acceptors (Lipinski definition) is 3. The van der Waals surface area contributed by atoms with Crippen molar-refractivity contribution in [2.45, 2.75) is 70.9 Å². The lowest BCUT2D eigenvalue weighted by Gasteiger charge is -2.54. The molecule has 0 spiro atoms. The molecule has 5 atom stereocenters. The summed E-state index contributed by atoms with van der Waals surface area (Å²) in [6, 6.07) is 0. The summed E-state index contributed by atoms with van der Waals surface area (Å²) >= 11 is 0. The minimum atomic E-state index is -0.162. The fraction of sp³-hybridized carbons (Fsp3) is 1.00. The van der Waals surface area contributed by atoms with Crippen molar-refractivity contribution < 1.29 is 14.6 Å². The molecule has 0 aromatic rings. The van der Waals surface area contributed by atoms with Gasteiger partial charge >= 0.3 is 0 Å². The van der Waals surface area contributed by atoms with Crippen LogP contribution in [0, 0.1) is 17.3 Å². The van der Waals surface area contributed by atoms with E-state index in [-0.39, 0.29) is 18.5 Å². The number of fused-ring (bicyclic) bond motifs is 3.